The number of nitrogens with two attached hydrogens (primary N) is 1. The lowest BCUT2D eigenvalue weighted by molar-refractivity contribution is -0.116. The molecule has 0 atom stereocenters. The van der Waals surface area contributed by atoms with Crippen molar-refractivity contribution in [3.8, 4) is 6.01 Å². The molecule has 0 spiro atoms. The normalized spacial score (nSPS) is 9.76. The molecule has 0 radical (unpaired) electrons. The minimum Gasteiger partial charge on any atom is -0.463 e. The number of hydrogen-bond donors (Lipinski definition) is 3. The molecule has 4 N–H and O–H groups in total. The second-order valence-electron chi connectivity index (χ2n) is 3.18. The molecule has 0 unspecified atom stereocenters. The molecule has 0 aromatic carbocycles. The predicted molar refractivity (Wildman–Crippen MR) is 62.8 cm³/mol. The number of carbonyl (C=O) groups is 1. The van der Waals surface area contributed by atoms with Crippen LogP contribution in [0.2, 0.25) is 0 Å². The Morgan fingerprint density at radius 1 is 1.35 bits per heavy atom. The smallest absolute Gasteiger partial charge is 0.323 e. The molecule has 0 aliphatic rings. The number of rotatable bonds is 7. The molecule has 0 bridgehead atoms. The van der Waals surface area contributed by atoms with Gasteiger partial charge in [0.2, 0.25) is 17.8 Å². The number of primary amides is 1. The van der Waals surface area contributed by atoms with Crippen LogP contribution in [0.1, 0.15) is 13.3 Å². The zero-order valence-corrected chi connectivity index (χ0v) is 9.86. The number of ether oxygens (including phenoxy) is 1. The summed E-state index contributed by atoms with van der Waals surface area (Å²) in [4.78, 5) is 22.6. The molecule has 0 aliphatic carbocycles. The van der Waals surface area contributed by atoms with E-state index in [1.165, 1.54) is 0 Å². The van der Waals surface area contributed by atoms with Gasteiger partial charge in [-0.2, -0.15) is 15.0 Å². The molecule has 0 fully saturated rings. The molecule has 17 heavy (non-hydrogen) atoms. The average molecular weight is 240 g/mol. The highest BCUT2D eigenvalue weighted by Gasteiger charge is 2.06. The number of aromatic nitrogens is 3. The summed E-state index contributed by atoms with van der Waals surface area (Å²) in [7, 11) is 1.68. The van der Waals surface area contributed by atoms with E-state index >= 15 is 0 Å². The van der Waals surface area contributed by atoms with Gasteiger partial charge in [-0.1, -0.05) is 6.92 Å². The fourth-order valence-corrected chi connectivity index (χ4v) is 0.971. The summed E-state index contributed by atoms with van der Waals surface area (Å²) >= 11 is 0. The molecule has 1 aromatic heterocycles. The average Bonchev–Trinajstić information content (AvgIpc) is 2.33. The molecule has 1 aromatic rings. The quantitative estimate of drug-likeness (QED) is 0.593. The van der Waals surface area contributed by atoms with Crippen molar-refractivity contribution in [2.45, 2.75) is 13.3 Å². The second-order valence-corrected chi connectivity index (χ2v) is 3.18. The van der Waals surface area contributed by atoms with Crippen LogP contribution >= 0.6 is 0 Å². The summed E-state index contributed by atoms with van der Waals surface area (Å²) in [6.07, 6.45) is 0.852. The van der Waals surface area contributed by atoms with Crippen molar-refractivity contribution in [3.05, 3.63) is 0 Å². The van der Waals surface area contributed by atoms with Crippen LogP contribution in [0.4, 0.5) is 11.9 Å². The first-order chi connectivity index (χ1) is 8.15. The van der Waals surface area contributed by atoms with Gasteiger partial charge in [0.05, 0.1) is 13.2 Å². The third kappa shape index (κ3) is 4.49. The molecule has 1 amide bonds. The Hall–Kier alpha value is -2.12. The fraction of sp³-hybridized carbons (Fsp3) is 0.556. The van der Waals surface area contributed by atoms with E-state index in [0.29, 0.717) is 12.6 Å². The number of carbonyl (C=O) groups excluding carboxylic acids is 1. The van der Waals surface area contributed by atoms with Gasteiger partial charge in [-0.05, 0) is 6.42 Å². The Morgan fingerprint density at radius 3 is 2.65 bits per heavy atom. The molecule has 94 valence electrons. The standard InChI is InChI=1S/C9H16N6O2/c1-3-4-17-9-14-7(11-2)13-8(15-9)12-5-6(10)16/h3-5H2,1-2H3,(H2,10,16)(H2,11,12,13,14,15). The van der Waals surface area contributed by atoms with Crippen molar-refractivity contribution in [2.75, 3.05) is 30.8 Å². The van der Waals surface area contributed by atoms with Crippen LogP contribution in [0, 0.1) is 0 Å². The monoisotopic (exact) mass is 240 g/mol. The number of amides is 1. The van der Waals surface area contributed by atoms with E-state index in [4.69, 9.17) is 10.5 Å². The second kappa shape index (κ2) is 6.46. The van der Waals surface area contributed by atoms with E-state index in [0.717, 1.165) is 6.42 Å². The number of hydrogen-bond acceptors (Lipinski definition) is 7. The highest BCUT2D eigenvalue weighted by Crippen LogP contribution is 2.10. The van der Waals surface area contributed by atoms with Crippen molar-refractivity contribution in [1.29, 1.82) is 0 Å². The van der Waals surface area contributed by atoms with Crippen molar-refractivity contribution in [1.82, 2.24) is 15.0 Å². The Kier molecular flexibility index (Phi) is 4.92. The Morgan fingerprint density at radius 2 is 2.06 bits per heavy atom. The third-order valence-corrected chi connectivity index (χ3v) is 1.69. The molecule has 1 rings (SSSR count). The van der Waals surface area contributed by atoms with Crippen LogP contribution in [0.3, 0.4) is 0 Å². The molecule has 1 heterocycles. The van der Waals surface area contributed by atoms with Gasteiger partial charge in [0.15, 0.2) is 0 Å². The topological polar surface area (TPSA) is 115 Å². The minimum absolute atomic E-state index is 0.0413. The molecular weight excluding hydrogens is 224 g/mol. The molecule has 0 saturated carbocycles. The van der Waals surface area contributed by atoms with E-state index in [-0.39, 0.29) is 18.5 Å². The molecule has 0 aliphatic heterocycles. The highest BCUT2D eigenvalue weighted by molar-refractivity contribution is 5.78. The van der Waals surface area contributed by atoms with Crippen LogP contribution in [0.25, 0.3) is 0 Å². The molecule has 8 nitrogen and oxygen atoms in total. The Bertz CT molecular complexity index is 384. The predicted octanol–water partition coefficient (Wildman–Crippen LogP) is -0.401. The van der Waals surface area contributed by atoms with Crippen LogP contribution in [-0.4, -0.2) is 41.1 Å². The highest BCUT2D eigenvalue weighted by atomic mass is 16.5. The van der Waals surface area contributed by atoms with E-state index in [1.807, 2.05) is 6.92 Å². The Balaban J connectivity index is 2.77. The lowest BCUT2D eigenvalue weighted by atomic mass is 10.5. The van der Waals surface area contributed by atoms with Gasteiger partial charge in [-0.3, -0.25) is 4.79 Å². The summed E-state index contributed by atoms with van der Waals surface area (Å²) in [5.41, 5.74) is 5.01. The molecular formula is C9H16N6O2. The van der Waals surface area contributed by atoms with Gasteiger partial charge in [-0.25, -0.2) is 0 Å². The van der Waals surface area contributed by atoms with Crippen molar-refractivity contribution >= 4 is 17.8 Å². The summed E-state index contributed by atoms with van der Waals surface area (Å²) in [6, 6.07) is 0.207. The van der Waals surface area contributed by atoms with E-state index in [1.54, 1.807) is 7.05 Å². The van der Waals surface area contributed by atoms with Crippen molar-refractivity contribution < 1.29 is 9.53 Å². The lowest BCUT2D eigenvalue weighted by Crippen LogP contribution is -2.23. The van der Waals surface area contributed by atoms with E-state index in [9.17, 15) is 4.79 Å². The van der Waals surface area contributed by atoms with E-state index < -0.39 is 5.91 Å². The van der Waals surface area contributed by atoms with Crippen molar-refractivity contribution in [3.63, 3.8) is 0 Å². The van der Waals surface area contributed by atoms with Gasteiger partial charge in [0.1, 0.15) is 0 Å². The molecule has 8 heteroatoms. The van der Waals surface area contributed by atoms with E-state index in [2.05, 4.69) is 25.6 Å². The molecule has 0 saturated heterocycles. The van der Waals surface area contributed by atoms with Gasteiger partial charge in [0, 0.05) is 7.05 Å². The summed E-state index contributed by atoms with van der Waals surface area (Å²) in [5.74, 6) is 0.111. The third-order valence-electron chi connectivity index (χ3n) is 1.69. The zero-order chi connectivity index (χ0) is 12.7. The van der Waals surface area contributed by atoms with Gasteiger partial charge < -0.3 is 21.1 Å². The minimum atomic E-state index is -0.493. The van der Waals surface area contributed by atoms with Crippen LogP contribution in [0.15, 0.2) is 0 Å². The van der Waals surface area contributed by atoms with Crippen molar-refractivity contribution in [2.24, 2.45) is 5.73 Å². The Labute approximate surface area is 99.0 Å². The fourth-order valence-electron chi connectivity index (χ4n) is 0.971. The number of anilines is 2. The van der Waals surface area contributed by atoms with Gasteiger partial charge >= 0.3 is 6.01 Å². The lowest BCUT2D eigenvalue weighted by Gasteiger charge is -2.07. The largest absolute Gasteiger partial charge is 0.463 e. The summed E-state index contributed by atoms with van der Waals surface area (Å²) in [5, 5.41) is 5.45. The summed E-state index contributed by atoms with van der Waals surface area (Å²) < 4.78 is 5.29. The number of nitrogens with one attached hydrogen (secondary N) is 2. The van der Waals surface area contributed by atoms with Gasteiger partial charge in [-0.15, -0.1) is 0 Å². The maximum absolute atomic E-state index is 10.6. The maximum atomic E-state index is 10.6. The maximum Gasteiger partial charge on any atom is 0.323 e. The van der Waals surface area contributed by atoms with Gasteiger partial charge in [0.25, 0.3) is 0 Å². The van der Waals surface area contributed by atoms with Crippen LogP contribution in [0.5, 0.6) is 6.01 Å². The zero-order valence-electron chi connectivity index (χ0n) is 9.86. The first-order valence-corrected chi connectivity index (χ1v) is 5.24. The SMILES string of the molecule is CCCOc1nc(NC)nc(NCC(N)=O)n1. The summed E-state index contributed by atoms with van der Waals surface area (Å²) in [6.45, 7) is 2.45. The number of nitrogens with zero attached hydrogens (tertiary/aromatic N) is 3. The van der Waals surface area contributed by atoms with Crippen LogP contribution < -0.4 is 21.1 Å². The first-order valence-electron chi connectivity index (χ1n) is 5.24. The first kappa shape index (κ1) is 12.9. The van der Waals surface area contributed by atoms with Crippen LogP contribution in [-0.2, 0) is 4.79 Å².